The summed E-state index contributed by atoms with van der Waals surface area (Å²) >= 11 is 0. The molecule has 4 nitrogen and oxygen atoms in total. The molecule has 0 spiro atoms. The molecule has 0 aromatic carbocycles. The minimum atomic E-state index is -0.892. The maximum absolute atomic E-state index is 11.6. The fourth-order valence-electron chi connectivity index (χ4n) is 4.13. The van der Waals surface area contributed by atoms with Crippen molar-refractivity contribution in [2.75, 3.05) is 6.61 Å². The summed E-state index contributed by atoms with van der Waals surface area (Å²) in [5.41, 5.74) is 0. The number of allylic oxidation sites excluding steroid dienone is 2. The highest BCUT2D eigenvalue weighted by Crippen LogP contribution is 2.16. The van der Waals surface area contributed by atoms with Crippen molar-refractivity contribution in [1.82, 2.24) is 0 Å². The molecule has 0 aliphatic heterocycles. The molecule has 0 fully saturated rings. The minimum absolute atomic E-state index is 0.00963. The number of hydrogen-bond donors (Lipinski definition) is 1. The van der Waals surface area contributed by atoms with E-state index in [9.17, 15) is 14.7 Å². The van der Waals surface area contributed by atoms with E-state index in [0.717, 1.165) is 32.1 Å². The summed E-state index contributed by atoms with van der Waals surface area (Å²) in [7, 11) is 0. The summed E-state index contributed by atoms with van der Waals surface area (Å²) in [4.78, 5) is 22.9. The lowest BCUT2D eigenvalue weighted by Crippen LogP contribution is -2.19. The maximum Gasteiger partial charge on any atom is 0.307 e. The van der Waals surface area contributed by atoms with Crippen LogP contribution in [0.1, 0.15) is 149 Å². The van der Waals surface area contributed by atoms with E-state index >= 15 is 0 Å². The molecule has 0 aromatic heterocycles. The van der Waals surface area contributed by atoms with Crippen LogP contribution in [-0.2, 0) is 14.3 Å². The van der Waals surface area contributed by atoms with Crippen LogP contribution in [0.25, 0.3) is 0 Å². The van der Waals surface area contributed by atoms with Crippen molar-refractivity contribution >= 4 is 11.9 Å². The predicted molar refractivity (Wildman–Crippen MR) is 140 cm³/mol. The van der Waals surface area contributed by atoms with Gasteiger partial charge >= 0.3 is 11.9 Å². The summed E-state index contributed by atoms with van der Waals surface area (Å²) in [6, 6.07) is 0. The normalized spacial score (nSPS) is 12.3. The molecule has 4 heteroatoms. The highest BCUT2D eigenvalue weighted by atomic mass is 16.5. The molecular weight excluding hydrogens is 412 g/mol. The number of aliphatic carboxylic acids is 1. The maximum atomic E-state index is 11.6. The van der Waals surface area contributed by atoms with Gasteiger partial charge < -0.3 is 9.84 Å². The van der Waals surface area contributed by atoms with Gasteiger partial charge in [-0.25, -0.2) is 0 Å². The first-order valence-electron chi connectivity index (χ1n) is 14.1. The number of rotatable bonds is 25. The van der Waals surface area contributed by atoms with Crippen molar-refractivity contribution < 1.29 is 19.4 Å². The Morgan fingerprint density at radius 1 is 0.667 bits per heavy atom. The number of unbranched alkanes of at least 4 members (excludes halogenated alkanes) is 16. The zero-order valence-corrected chi connectivity index (χ0v) is 22.0. The topological polar surface area (TPSA) is 63.6 Å². The molecule has 1 N–H and O–H groups in total. The average Bonchev–Trinajstić information content (AvgIpc) is 2.80. The van der Waals surface area contributed by atoms with E-state index in [-0.39, 0.29) is 6.42 Å². The quantitative estimate of drug-likeness (QED) is 0.0828. The lowest BCUT2D eigenvalue weighted by molar-refractivity contribution is -0.151. The number of carbonyl (C=O) groups is 2. The van der Waals surface area contributed by atoms with E-state index in [1.807, 2.05) is 6.92 Å². The standard InChI is InChI=1S/C29H54O4/c1-3-5-6-7-8-9-10-11-12-13-14-15-16-17-18-19-20-21-22-23-24-27(29(31)32)26-28(30)33-25-4-2/h19-20,27H,3-18,21-26H2,1-2H3,(H,31,32)/b20-19+. The van der Waals surface area contributed by atoms with Crippen molar-refractivity contribution in [2.24, 2.45) is 5.92 Å². The third-order valence-electron chi connectivity index (χ3n) is 6.29. The van der Waals surface area contributed by atoms with Gasteiger partial charge in [0.1, 0.15) is 0 Å². The highest BCUT2D eigenvalue weighted by Gasteiger charge is 2.21. The van der Waals surface area contributed by atoms with Crippen molar-refractivity contribution in [3.8, 4) is 0 Å². The fourth-order valence-corrected chi connectivity index (χ4v) is 4.13. The molecule has 0 radical (unpaired) electrons. The zero-order valence-electron chi connectivity index (χ0n) is 22.0. The largest absolute Gasteiger partial charge is 0.481 e. The van der Waals surface area contributed by atoms with E-state index in [1.165, 1.54) is 89.9 Å². The monoisotopic (exact) mass is 466 g/mol. The molecule has 1 unspecified atom stereocenters. The number of carboxylic acids is 1. The molecular formula is C29H54O4. The molecule has 0 aromatic rings. The van der Waals surface area contributed by atoms with Gasteiger partial charge in [-0.15, -0.1) is 0 Å². The highest BCUT2D eigenvalue weighted by molar-refractivity contribution is 5.78. The summed E-state index contributed by atoms with van der Waals surface area (Å²) in [6.07, 6.45) is 29.3. The van der Waals surface area contributed by atoms with Gasteiger partial charge in [0.25, 0.3) is 0 Å². The smallest absolute Gasteiger partial charge is 0.307 e. The molecule has 1 atom stereocenters. The zero-order chi connectivity index (χ0) is 24.4. The number of ether oxygens (including phenoxy) is 1. The number of carbonyl (C=O) groups excluding carboxylic acids is 1. The Bertz CT molecular complexity index is 472. The van der Waals surface area contributed by atoms with Crippen LogP contribution < -0.4 is 0 Å². The van der Waals surface area contributed by atoms with E-state index in [4.69, 9.17) is 4.74 Å². The Balaban J connectivity index is 3.44. The summed E-state index contributed by atoms with van der Waals surface area (Å²) in [5, 5.41) is 9.28. The first kappa shape index (κ1) is 31.7. The van der Waals surface area contributed by atoms with E-state index < -0.39 is 17.9 Å². The third kappa shape index (κ3) is 23.6. The average molecular weight is 467 g/mol. The Hall–Kier alpha value is -1.32. The van der Waals surface area contributed by atoms with Gasteiger partial charge in [-0.2, -0.15) is 0 Å². The molecule has 33 heavy (non-hydrogen) atoms. The molecule has 0 heterocycles. The lowest BCUT2D eigenvalue weighted by Gasteiger charge is -2.11. The van der Waals surface area contributed by atoms with E-state index in [0.29, 0.717) is 13.0 Å². The Labute approximate surface area is 204 Å². The van der Waals surface area contributed by atoms with Crippen LogP contribution in [0.3, 0.4) is 0 Å². The van der Waals surface area contributed by atoms with Gasteiger partial charge in [-0.05, 0) is 38.5 Å². The van der Waals surface area contributed by atoms with Gasteiger partial charge in [0.2, 0.25) is 0 Å². The van der Waals surface area contributed by atoms with Gasteiger partial charge in [0, 0.05) is 0 Å². The second-order valence-electron chi connectivity index (χ2n) is 9.60. The third-order valence-corrected chi connectivity index (χ3v) is 6.29. The number of hydrogen-bond acceptors (Lipinski definition) is 3. The molecule has 0 saturated carbocycles. The Morgan fingerprint density at radius 2 is 1.12 bits per heavy atom. The molecule has 194 valence electrons. The lowest BCUT2D eigenvalue weighted by atomic mass is 9.98. The van der Waals surface area contributed by atoms with Gasteiger partial charge in [0.05, 0.1) is 18.9 Å². The number of esters is 1. The molecule has 0 saturated heterocycles. The Morgan fingerprint density at radius 3 is 1.58 bits per heavy atom. The van der Waals surface area contributed by atoms with Crippen LogP contribution >= 0.6 is 0 Å². The van der Waals surface area contributed by atoms with Crippen molar-refractivity contribution in [3.05, 3.63) is 12.2 Å². The molecule has 0 aliphatic rings. The van der Waals surface area contributed by atoms with E-state index in [1.54, 1.807) is 0 Å². The molecule has 0 amide bonds. The second-order valence-corrected chi connectivity index (χ2v) is 9.60. The summed E-state index contributed by atoms with van der Waals surface area (Å²) < 4.78 is 5.00. The van der Waals surface area contributed by atoms with Crippen molar-refractivity contribution in [3.63, 3.8) is 0 Å². The predicted octanol–water partition coefficient (Wildman–Crippen LogP) is 9.02. The van der Waals surface area contributed by atoms with Crippen LogP contribution in [0, 0.1) is 5.92 Å². The first-order chi connectivity index (χ1) is 16.1. The SMILES string of the molecule is CCCCCCCCCCCCCCCC/C=C/CCCCC(CC(=O)OCCC)C(=O)O. The van der Waals surface area contributed by atoms with Crippen molar-refractivity contribution in [2.45, 2.75) is 149 Å². The Kier molecular flexibility index (Phi) is 24.3. The van der Waals surface area contributed by atoms with Crippen LogP contribution in [0.2, 0.25) is 0 Å². The molecule has 0 rings (SSSR count). The van der Waals surface area contributed by atoms with Gasteiger partial charge in [-0.3, -0.25) is 9.59 Å². The second kappa shape index (κ2) is 25.3. The minimum Gasteiger partial charge on any atom is -0.481 e. The van der Waals surface area contributed by atoms with Crippen LogP contribution in [0.4, 0.5) is 0 Å². The first-order valence-corrected chi connectivity index (χ1v) is 14.1. The van der Waals surface area contributed by atoms with Crippen LogP contribution in [0.5, 0.6) is 0 Å². The van der Waals surface area contributed by atoms with Crippen LogP contribution in [-0.4, -0.2) is 23.7 Å². The summed E-state index contributed by atoms with van der Waals surface area (Å²) in [5.74, 6) is -1.90. The summed E-state index contributed by atoms with van der Waals surface area (Å²) in [6.45, 7) is 4.57. The van der Waals surface area contributed by atoms with Crippen LogP contribution in [0.15, 0.2) is 12.2 Å². The molecule has 0 aliphatic carbocycles. The number of carboxylic acid groups (broad SMARTS) is 1. The van der Waals surface area contributed by atoms with E-state index in [2.05, 4.69) is 19.1 Å². The van der Waals surface area contributed by atoms with Gasteiger partial charge in [0.15, 0.2) is 0 Å². The van der Waals surface area contributed by atoms with Crippen molar-refractivity contribution in [1.29, 1.82) is 0 Å². The molecule has 0 bridgehead atoms. The fraction of sp³-hybridized carbons (Fsp3) is 0.862. The van der Waals surface area contributed by atoms with Gasteiger partial charge in [-0.1, -0.05) is 116 Å².